The molecule has 0 atom stereocenters. The Morgan fingerprint density at radius 1 is 1.00 bits per heavy atom. The second-order valence-corrected chi connectivity index (χ2v) is 5.49. The molecule has 0 saturated heterocycles. The van der Waals surface area contributed by atoms with Crippen LogP contribution in [-0.4, -0.2) is 13.7 Å². The number of rotatable bonds is 4. The van der Waals surface area contributed by atoms with Crippen molar-refractivity contribution < 1.29 is 13.9 Å². The highest BCUT2D eigenvalue weighted by Crippen LogP contribution is 2.30. The second kappa shape index (κ2) is 6.79. The van der Waals surface area contributed by atoms with Gasteiger partial charge < -0.3 is 13.9 Å². The highest BCUT2D eigenvalue weighted by molar-refractivity contribution is 5.91. The Kier molecular flexibility index (Phi) is 4.56. The molecule has 0 unspecified atom stereocenters. The lowest BCUT2D eigenvalue weighted by Crippen LogP contribution is -1.99. The molecular weight excluding hydrogens is 302 g/mol. The van der Waals surface area contributed by atoms with Crippen molar-refractivity contribution in [3.05, 3.63) is 59.3 Å². The third kappa shape index (κ3) is 3.00. The summed E-state index contributed by atoms with van der Waals surface area (Å²) in [6.45, 7) is 6.48. The van der Waals surface area contributed by atoms with E-state index in [9.17, 15) is 0 Å². The lowest BCUT2D eigenvalue weighted by Gasteiger charge is -2.01. The van der Waals surface area contributed by atoms with Crippen LogP contribution in [0.15, 0.2) is 51.9 Å². The molecule has 1 aromatic heterocycles. The summed E-state index contributed by atoms with van der Waals surface area (Å²) in [6, 6.07) is 13.6. The molecule has 0 fully saturated rings. The smallest absolute Gasteiger partial charge is 0.130 e. The van der Waals surface area contributed by atoms with Crippen LogP contribution < -0.4 is 14.8 Å². The van der Waals surface area contributed by atoms with Crippen molar-refractivity contribution in [2.45, 2.75) is 20.8 Å². The van der Waals surface area contributed by atoms with Gasteiger partial charge in [0.05, 0.1) is 35.5 Å². The van der Waals surface area contributed by atoms with Crippen LogP contribution in [0.5, 0.6) is 11.5 Å². The Morgan fingerprint density at radius 3 is 2.50 bits per heavy atom. The van der Waals surface area contributed by atoms with E-state index in [1.54, 1.807) is 7.11 Å². The number of methoxy groups -OCH3 is 1. The van der Waals surface area contributed by atoms with Crippen LogP contribution in [0.25, 0.3) is 10.8 Å². The highest BCUT2D eigenvalue weighted by Gasteiger charge is 2.13. The molecule has 124 valence electrons. The molecule has 0 aliphatic rings. The number of benzene rings is 1. The summed E-state index contributed by atoms with van der Waals surface area (Å²) in [5, 5.41) is 2.79. The van der Waals surface area contributed by atoms with Crippen molar-refractivity contribution in [3.63, 3.8) is 0 Å². The maximum Gasteiger partial charge on any atom is 0.130 e. The van der Waals surface area contributed by atoms with Crippen molar-refractivity contribution >= 4 is 16.5 Å². The van der Waals surface area contributed by atoms with E-state index in [0.717, 1.165) is 44.8 Å². The molecule has 0 N–H and O–H groups in total. The lowest BCUT2D eigenvalue weighted by atomic mass is 10.2. The van der Waals surface area contributed by atoms with Gasteiger partial charge in [0.15, 0.2) is 0 Å². The third-order valence-corrected chi connectivity index (χ3v) is 3.87. The average Bonchev–Trinajstić information content (AvgIpc) is 2.75. The number of nitrogens with zero attached hydrogens (tertiary/aromatic N) is 1. The number of ether oxygens (including phenoxy) is 2. The van der Waals surface area contributed by atoms with Gasteiger partial charge in [0.25, 0.3) is 0 Å². The van der Waals surface area contributed by atoms with Crippen molar-refractivity contribution in [2.24, 2.45) is 4.99 Å². The van der Waals surface area contributed by atoms with E-state index >= 15 is 0 Å². The zero-order chi connectivity index (χ0) is 17.1. The fourth-order valence-electron chi connectivity index (χ4n) is 2.87. The van der Waals surface area contributed by atoms with E-state index in [1.165, 1.54) is 0 Å². The van der Waals surface area contributed by atoms with Gasteiger partial charge in [-0.1, -0.05) is 12.1 Å². The normalized spacial score (nSPS) is 11.8. The molecule has 0 radical (unpaired) electrons. The Balaban J connectivity index is 2.33. The van der Waals surface area contributed by atoms with Crippen molar-refractivity contribution in [1.82, 2.24) is 0 Å². The molecule has 2 aromatic carbocycles. The van der Waals surface area contributed by atoms with E-state index in [-0.39, 0.29) is 0 Å². The number of fused-ring (bicyclic) bond motifs is 1. The molecule has 1 heterocycles. The summed E-state index contributed by atoms with van der Waals surface area (Å²) in [4.78, 5) is 4.80. The molecule has 0 bridgehead atoms. The van der Waals surface area contributed by atoms with Crippen LogP contribution in [0.2, 0.25) is 0 Å². The monoisotopic (exact) mass is 323 g/mol. The first kappa shape index (κ1) is 16.1. The zero-order valence-electron chi connectivity index (χ0n) is 14.4. The molecule has 3 aromatic rings. The van der Waals surface area contributed by atoms with Gasteiger partial charge in [-0.25, -0.2) is 4.99 Å². The summed E-state index contributed by atoms with van der Waals surface area (Å²) in [5.41, 5.74) is 0.832. The maximum atomic E-state index is 5.85. The summed E-state index contributed by atoms with van der Waals surface area (Å²) in [6.07, 6.45) is 0. The minimum Gasteiger partial charge on any atom is -0.497 e. The largest absolute Gasteiger partial charge is 0.497 e. The fraction of sp³-hybridized carbons (Fsp3) is 0.250. The molecule has 0 aliphatic heterocycles. The average molecular weight is 323 g/mol. The standard InChI is InChI=1S/C20H21NO3/c1-5-23-18-11-7-10-17(19-13(2)24-14(3)20(18)19)21-15-8-6-9-16(12-15)22-4/h6-12H,5H2,1-4H3. The first-order chi connectivity index (χ1) is 11.6. The molecule has 4 nitrogen and oxygen atoms in total. The third-order valence-electron chi connectivity index (χ3n) is 3.87. The van der Waals surface area contributed by atoms with E-state index in [4.69, 9.17) is 18.9 Å². The number of aryl methyl sites for hydroxylation is 2. The minimum atomic E-state index is 0.602. The van der Waals surface area contributed by atoms with Gasteiger partial charge in [-0.15, -0.1) is 0 Å². The van der Waals surface area contributed by atoms with Crippen LogP contribution in [0.3, 0.4) is 0 Å². The summed E-state index contributed by atoms with van der Waals surface area (Å²) in [5.74, 6) is 3.27. The summed E-state index contributed by atoms with van der Waals surface area (Å²) < 4.78 is 16.9. The second-order valence-electron chi connectivity index (χ2n) is 5.49. The SMILES string of the molecule is CCOc1cccc(=Nc2cccc(OC)c2)c2c(C)oc(C)c12. The van der Waals surface area contributed by atoms with Crippen LogP contribution >= 0.6 is 0 Å². The Hall–Kier alpha value is -2.75. The van der Waals surface area contributed by atoms with E-state index in [1.807, 2.05) is 63.2 Å². The molecule has 3 rings (SSSR count). The van der Waals surface area contributed by atoms with Gasteiger partial charge in [0, 0.05) is 6.07 Å². The molecular formula is C20H21NO3. The lowest BCUT2D eigenvalue weighted by molar-refractivity contribution is 0.344. The quantitative estimate of drug-likeness (QED) is 0.699. The molecule has 0 spiro atoms. The summed E-state index contributed by atoms with van der Waals surface area (Å²) in [7, 11) is 1.65. The molecule has 0 saturated carbocycles. The summed E-state index contributed by atoms with van der Waals surface area (Å²) >= 11 is 0. The molecule has 24 heavy (non-hydrogen) atoms. The van der Waals surface area contributed by atoms with Gasteiger partial charge in [-0.3, -0.25) is 0 Å². The first-order valence-corrected chi connectivity index (χ1v) is 7.98. The van der Waals surface area contributed by atoms with E-state index in [0.29, 0.717) is 6.61 Å². The Bertz CT molecular complexity index is 941. The van der Waals surface area contributed by atoms with Gasteiger partial charge in [-0.2, -0.15) is 0 Å². The topological polar surface area (TPSA) is 44.0 Å². The first-order valence-electron chi connectivity index (χ1n) is 7.98. The maximum absolute atomic E-state index is 5.85. The van der Waals surface area contributed by atoms with Crippen LogP contribution in [0.1, 0.15) is 18.4 Å². The van der Waals surface area contributed by atoms with Crippen LogP contribution in [0, 0.1) is 13.8 Å². The Labute approximate surface area is 141 Å². The van der Waals surface area contributed by atoms with Crippen molar-refractivity contribution in [2.75, 3.05) is 13.7 Å². The van der Waals surface area contributed by atoms with Crippen molar-refractivity contribution in [3.8, 4) is 11.5 Å². The van der Waals surface area contributed by atoms with Gasteiger partial charge >= 0.3 is 0 Å². The number of furan rings is 1. The predicted octanol–water partition coefficient (Wildman–Crippen LogP) is 4.69. The predicted molar refractivity (Wildman–Crippen MR) is 95.1 cm³/mol. The van der Waals surface area contributed by atoms with Crippen LogP contribution in [0.4, 0.5) is 5.69 Å². The van der Waals surface area contributed by atoms with Crippen LogP contribution in [-0.2, 0) is 0 Å². The molecule has 4 heteroatoms. The Morgan fingerprint density at radius 2 is 1.75 bits per heavy atom. The van der Waals surface area contributed by atoms with Gasteiger partial charge in [0.2, 0.25) is 0 Å². The van der Waals surface area contributed by atoms with Gasteiger partial charge in [0.1, 0.15) is 23.0 Å². The molecule has 0 aliphatic carbocycles. The van der Waals surface area contributed by atoms with E-state index < -0.39 is 0 Å². The zero-order valence-corrected chi connectivity index (χ0v) is 14.4. The molecule has 0 amide bonds. The fourth-order valence-corrected chi connectivity index (χ4v) is 2.87. The number of hydrogen-bond donors (Lipinski definition) is 0. The highest BCUT2D eigenvalue weighted by atomic mass is 16.5. The van der Waals surface area contributed by atoms with E-state index in [2.05, 4.69) is 0 Å². The minimum absolute atomic E-state index is 0.602. The number of hydrogen-bond acceptors (Lipinski definition) is 4. The van der Waals surface area contributed by atoms with Gasteiger partial charge in [-0.05, 0) is 45.0 Å². The van der Waals surface area contributed by atoms with Crippen molar-refractivity contribution in [1.29, 1.82) is 0 Å².